The van der Waals surface area contributed by atoms with Gasteiger partial charge >= 0.3 is 0 Å². The van der Waals surface area contributed by atoms with Gasteiger partial charge in [-0.25, -0.2) is 0 Å². The number of benzene rings is 2. The number of nitrogens with zero attached hydrogens (tertiary/aromatic N) is 1. The summed E-state index contributed by atoms with van der Waals surface area (Å²) in [4.78, 5) is 4.57. The number of aryl methyl sites for hydroxylation is 1. The average molecular weight is 320 g/mol. The molecule has 0 radical (unpaired) electrons. The van der Waals surface area contributed by atoms with Crippen molar-refractivity contribution >= 4 is 35.6 Å². The van der Waals surface area contributed by atoms with Crippen molar-refractivity contribution in [1.29, 1.82) is 0 Å². The predicted molar refractivity (Wildman–Crippen MR) is 95.0 cm³/mol. The second-order valence-electron chi connectivity index (χ2n) is 4.51. The molecule has 0 saturated heterocycles. The van der Waals surface area contributed by atoms with Crippen LogP contribution in [0.15, 0.2) is 59.6 Å². The first-order chi connectivity index (χ1) is 9.65. The van der Waals surface area contributed by atoms with Crippen LogP contribution in [0, 0.1) is 6.92 Å². The molecule has 0 unspecified atom stereocenters. The Hall–Kier alpha value is -1.91. The van der Waals surface area contributed by atoms with Crippen LogP contribution in [0.1, 0.15) is 16.7 Å². The second kappa shape index (κ2) is 8.39. The molecule has 3 N–H and O–H groups in total. The Labute approximate surface area is 136 Å². The molecule has 2 aromatic rings. The van der Waals surface area contributed by atoms with E-state index in [1.54, 1.807) is 0 Å². The molecule has 0 aliphatic heterocycles. The van der Waals surface area contributed by atoms with Gasteiger partial charge in [0.2, 0.25) is 0 Å². The van der Waals surface area contributed by atoms with Crippen LogP contribution >= 0.6 is 24.6 Å². The standard InChI is InChI=1S/C16H17N3S.ClH/c1-12-7-9-14(10-8-12)15(19-16(17)20)18-11-13-5-3-2-4-6-13;/h2-10H,11H2,1H3,(H3,17,18,19,20);1H. The first-order valence-electron chi connectivity index (χ1n) is 6.37. The van der Waals surface area contributed by atoms with Crippen LogP contribution in [0.4, 0.5) is 0 Å². The van der Waals surface area contributed by atoms with Gasteiger partial charge in [-0.3, -0.25) is 4.99 Å². The number of nitrogens with two attached hydrogens (primary N) is 1. The van der Waals surface area contributed by atoms with Crippen molar-refractivity contribution in [3.8, 4) is 0 Å². The number of hydrogen-bond acceptors (Lipinski definition) is 2. The lowest BCUT2D eigenvalue weighted by Crippen LogP contribution is -2.35. The van der Waals surface area contributed by atoms with Crippen molar-refractivity contribution in [2.45, 2.75) is 13.5 Å². The minimum atomic E-state index is 0. The number of thiocarbonyl (C=S) groups is 1. The number of hydrogen-bond donors (Lipinski definition) is 2. The van der Waals surface area contributed by atoms with Crippen LogP contribution in [0.2, 0.25) is 0 Å². The van der Waals surface area contributed by atoms with Crippen LogP contribution in [0.3, 0.4) is 0 Å². The van der Waals surface area contributed by atoms with E-state index in [1.165, 1.54) is 5.56 Å². The summed E-state index contributed by atoms with van der Waals surface area (Å²) in [6, 6.07) is 18.1. The normalized spacial score (nSPS) is 10.6. The number of aliphatic imine (C=N–C) groups is 1. The third-order valence-corrected chi connectivity index (χ3v) is 2.93. The van der Waals surface area contributed by atoms with E-state index in [1.807, 2.05) is 61.5 Å². The molecule has 2 rings (SSSR count). The van der Waals surface area contributed by atoms with Gasteiger partial charge in [0.1, 0.15) is 5.84 Å². The lowest BCUT2D eigenvalue weighted by Gasteiger charge is -2.09. The molecular formula is C16H18ClN3S. The van der Waals surface area contributed by atoms with E-state index < -0.39 is 0 Å². The smallest absolute Gasteiger partial charge is 0.169 e. The fourth-order valence-electron chi connectivity index (χ4n) is 1.78. The van der Waals surface area contributed by atoms with Crippen molar-refractivity contribution in [3.63, 3.8) is 0 Å². The van der Waals surface area contributed by atoms with Gasteiger partial charge in [0.05, 0.1) is 6.54 Å². The second-order valence-corrected chi connectivity index (χ2v) is 4.95. The Morgan fingerprint density at radius 2 is 1.71 bits per heavy atom. The van der Waals surface area contributed by atoms with E-state index in [-0.39, 0.29) is 17.5 Å². The molecule has 0 bridgehead atoms. The third kappa shape index (κ3) is 5.53. The molecule has 0 fully saturated rings. The van der Waals surface area contributed by atoms with Gasteiger partial charge in [0.15, 0.2) is 5.11 Å². The van der Waals surface area contributed by atoms with E-state index in [4.69, 9.17) is 18.0 Å². The molecule has 3 nitrogen and oxygen atoms in total. The third-order valence-electron chi connectivity index (χ3n) is 2.83. The Balaban J connectivity index is 0.00000220. The number of halogens is 1. The highest BCUT2D eigenvalue weighted by atomic mass is 35.5. The van der Waals surface area contributed by atoms with Crippen molar-refractivity contribution in [2.75, 3.05) is 0 Å². The van der Waals surface area contributed by atoms with Gasteiger partial charge in [-0.2, -0.15) is 0 Å². The maximum Gasteiger partial charge on any atom is 0.169 e. The predicted octanol–water partition coefficient (Wildman–Crippen LogP) is 3.20. The van der Waals surface area contributed by atoms with Crippen molar-refractivity contribution in [3.05, 3.63) is 71.3 Å². The first kappa shape index (κ1) is 17.1. The molecule has 0 heterocycles. The van der Waals surface area contributed by atoms with Crippen LogP contribution in [-0.2, 0) is 6.54 Å². The molecule has 21 heavy (non-hydrogen) atoms. The largest absolute Gasteiger partial charge is 0.376 e. The summed E-state index contributed by atoms with van der Waals surface area (Å²) < 4.78 is 0. The summed E-state index contributed by atoms with van der Waals surface area (Å²) in [7, 11) is 0. The quantitative estimate of drug-likeness (QED) is 0.519. The molecule has 110 valence electrons. The van der Waals surface area contributed by atoms with E-state index in [2.05, 4.69) is 10.3 Å². The lowest BCUT2D eigenvalue weighted by atomic mass is 10.1. The molecule has 5 heteroatoms. The van der Waals surface area contributed by atoms with Gasteiger partial charge in [-0.05, 0) is 24.7 Å². The van der Waals surface area contributed by atoms with Gasteiger partial charge in [0, 0.05) is 5.56 Å². The summed E-state index contributed by atoms with van der Waals surface area (Å²) in [5.74, 6) is 0.696. The van der Waals surface area contributed by atoms with Gasteiger partial charge in [0.25, 0.3) is 0 Å². The Kier molecular flexibility index (Phi) is 6.85. The molecule has 0 amide bonds. The van der Waals surface area contributed by atoms with E-state index in [9.17, 15) is 0 Å². The van der Waals surface area contributed by atoms with Crippen molar-refractivity contribution in [2.24, 2.45) is 10.7 Å². The van der Waals surface area contributed by atoms with E-state index in [0.717, 1.165) is 11.1 Å². The molecule has 0 atom stereocenters. The zero-order valence-electron chi connectivity index (χ0n) is 11.7. The minimum absolute atomic E-state index is 0. The SMILES string of the molecule is Cc1ccc(C(=NCc2ccccc2)NC(N)=S)cc1.Cl. The van der Waals surface area contributed by atoms with Crippen LogP contribution in [-0.4, -0.2) is 10.9 Å². The maximum absolute atomic E-state index is 5.57. The molecule has 0 saturated carbocycles. The van der Waals surface area contributed by atoms with Crippen molar-refractivity contribution in [1.82, 2.24) is 5.32 Å². The van der Waals surface area contributed by atoms with E-state index >= 15 is 0 Å². The number of rotatable bonds is 3. The van der Waals surface area contributed by atoms with Crippen LogP contribution in [0.25, 0.3) is 0 Å². The summed E-state index contributed by atoms with van der Waals surface area (Å²) in [5, 5.41) is 3.16. The number of amidine groups is 1. The molecule has 0 aliphatic carbocycles. The molecule has 0 aliphatic rings. The summed E-state index contributed by atoms with van der Waals surface area (Å²) in [6.45, 7) is 2.63. The van der Waals surface area contributed by atoms with Gasteiger partial charge < -0.3 is 11.1 Å². The highest BCUT2D eigenvalue weighted by molar-refractivity contribution is 7.80. The molecule has 0 aromatic heterocycles. The Bertz CT molecular complexity index is 609. The minimum Gasteiger partial charge on any atom is -0.376 e. The van der Waals surface area contributed by atoms with Crippen molar-refractivity contribution < 1.29 is 0 Å². The highest BCUT2D eigenvalue weighted by Gasteiger charge is 2.04. The highest BCUT2D eigenvalue weighted by Crippen LogP contribution is 2.06. The summed E-state index contributed by atoms with van der Waals surface area (Å²) in [6.07, 6.45) is 0. The topological polar surface area (TPSA) is 50.4 Å². The van der Waals surface area contributed by atoms with Gasteiger partial charge in [-0.1, -0.05) is 60.2 Å². The fraction of sp³-hybridized carbons (Fsp3) is 0.125. The van der Waals surface area contributed by atoms with Gasteiger partial charge in [-0.15, -0.1) is 12.4 Å². The monoisotopic (exact) mass is 319 g/mol. The zero-order chi connectivity index (χ0) is 14.4. The Morgan fingerprint density at radius 1 is 1.10 bits per heavy atom. The first-order valence-corrected chi connectivity index (χ1v) is 6.78. The summed E-state index contributed by atoms with van der Waals surface area (Å²) in [5.41, 5.74) is 8.88. The molecule has 2 aromatic carbocycles. The fourth-order valence-corrected chi connectivity index (χ4v) is 1.88. The summed E-state index contributed by atoms with van der Waals surface area (Å²) >= 11 is 4.91. The maximum atomic E-state index is 5.57. The van der Waals surface area contributed by atoms with E-state index in [0.29, 0.717) is 12.4 Å². The Morgan fingerprint density at radius 3 is 2.29 bits per heavy atom. The lowest BCUT2D eigenvalue weighted by molar-refractivity contribution is 1.05. The number of nitrogens with one attached hydrogen (secondary N) is 1. The van der Waals surface area contributed by atoms with Crippen LogP contribution in [0.5, 0.6) is 0 Å². The zero-order valence-corrected chi connectivity index (χ0v) is 13.4. The molecule has 0 spiro atoms. The van der Waals surface area contributed by atoms with Crippen LogP contribution < -0.4 is 11.1 Å². The average Bonchev–Trinajstić information content (AvgIpc) is 2.45. The molecular weight excluding hydrogens is 302 g/mol.